The number of unbranched alkanes of at least 4 members (excludes halogenated alkanes) is 1. The van der Waals surface area contributed by atoms with Crippen molar-refractivity contribution in [1.29, 1.82) is 0 Å². The van der Waals surface area contributed by atoms with Gasteiger partial charge in [0.2, 0.25) is 0 Å². The first-order chi connectivity index (χ1) is 10.6. The first kappa shape index (κ1) is 18.5. The molecule has 0 heterocycles. The molecule has 1 atom stereocenters. The maximum atomic E-state index is 12.7. The minimum atomic E-state index is -1.22. The van der Waals surface area contributed by atoms with Crippen LogP contribution in [-0.2, 0) is 19.1 Å². The van der Waals surface area contributed by atoms with Crippen molar-refractivity contribution in [2.75, 3.05) is 13.2 Å². The predicted octanol–water partition coefficient (Wildman–Crippen LogP) is 3.81. The second-order valence-corrected chi connectivity index (χ2v) is 5.56. The highest BCUT2D eigenvalue weighted by Gasteiger charge is 2.53. The largest absolute Gasteiger partial charge is 0.465 e. The van der Waals surface area contributed by atoms with E-state index >= 15 is 0 Å². The maximum Gasteiger partial charge on any atom is 0.324 e. The van der Waals surface area contributed by atoms with Crippen LogP contribution in [0.4, 0.5) is 0 Å². The lowest BCUT2D eigenvalue weighted by Crippen LogP contribution is -2.47. The Labute approximate surface area is 133 Å². The maximum absolute atomic E-state index is 12.7. The van der Waals surface area contributed by atoms with Gasteiger partial charge < -0.3 is 9.47 Å². The van der Waals surface area contributed by atoms with E-state index in [1.165, 1.54) is 0 Å². The summed E-state index contributed by atoms with van der Waals surface area (Å²) in [7, 11) is 0. The van der Waals surface area contributed by atoms with Crippen molar-refractivity contribution in [2.24, 2.45) is 11.3 Å². The van der Waals surface area contributed by atoms with E-state index in [1.807, 2.05) is 6.08 Å². The quantitative estimate of drug-likeness (QED) is 0.281. The van der Waals surface area contributed by atoms with Gasteiger partial charge in [-0.15, -0.1) is 6.58 Å². The molecule has 0 aliphatic heterocycles. The van der Waals surface area contributed by atoms with Crippen LogP contribution in [0.1, 0.15) is 52.4 Å². The van der Waals surface area contributed by atoms with E-state index in [2.05, 4.69) is 12.7 Å². The monoisotopic (exact) mass is 308 g/mol. The number of hydrogen-bond donors (Lipinski definition) is 0. The van der Waals surface area contributed by atoms with E-state index in [0.29, 0.717) is 12.8 Å². The third-order valence-corrected chi connectivity index (χ3v) is 4.15. The van der Waals surface area contributed by atoms with Crippen molar-refractivity contribution in [3.8, 4) is 0 Å². The molecule has 0 bridgehead atoms. The van der Waals surface area contributed by atoms with Crippen molar-refractivity contribution in [1.82, 2.24) is 0 Å². The second kappa shape index (κ2) is 9.44. The molecular weight excluding hydrogens is 280 g/mol. The number of rotatable bonds is 9. The van der Waals surface area contributed by atoms with Gasteiger partial charge in [0.05, 0.1) is 13.2 Å². The van der Waals surface area contributed by atoms with E-state index < -0.39 is 17.4 Å². The Morgan fingerprint density at radius 2 is 1.91 bits per heavy atom. The van der Waals surface area contributed by atoms with Gasteiger partial charge in [-0.3, -0.25) is 9.59 Å². The van der Waals surface area contributed by atoms with Gasteiger partial charge in [-0.1, -0.05) is 18.2 Å². The number of allylic oxidation sites excluding steroid dienone is 3. The molecule has 1 unspecified atom stereocenters. The van der Waals surface area contributed by atoms with Crippen LogP contribution in [0.3, 0.4) is 0 Å². The highest BCUT2D eigenvalue weighted by atomic mass is 16.6. The highest BCUT2D eigenvalue weighted by molar-refractivity contribution is 6.00. The molecule has 0 fully saturated rings. The van der Waals surface area contributed by atoms with Crippen LogP contribution in [0.5, 0.6) is 0 Å². The van der Waals surface area contributed by atoms with Gasteiger partial charge in [0.1, 0.15) is 0 Å². The summed E-state index contributed by atoms with van der Waals surface area (Å²) < 4.78 is 10.5. The Kier molecular flexibility index (Phi) is 7.92. The summed E-state index contributed by atoms with van der Waals surface area (Å²) in [6.07, 6.45) is 10.5. The third-order valence-electron chi connectivity index (χ3n) is 4.15. The average Bonchev–Trinajstić information content (AvgIpc) is 2.53. The van der Waals surface area contributed by atoms with E-state index in [9.17, 15) is 9.59 Å². The summed E-state index contributed by atoms with van der Waals surface area (Å²) in [5.74, 6) is -1.05. The van der Waals surface area contributed by atoms with Crippen LogP contribution in [0.15, 0.2) is 24.8 Å². The van der Waals surface area contributed by atoms with Crippen molar-refractivity contribution < 1.29 is 19.1 Å². The van der Waals surface area contributed by atoms with Crippen LogP contribution in [-0.4, -0.2) is 25.2 Å². The van der Waals surface area contributed by atoms with Gasteiger partial charge in [-0.05, 0) is 52.4 Å². The molecule has 0 radical (unpaired) electrons. The molecule has 1 aliphatic rings. The first-order valence-corrected chi connectivity index (χ1v) is 8.25. The normalized spacial score (nSPS) is 17.8. The Bertz CT molecular complexity index is 393. The minimum Gasteiger partial charge on any atom is -0.465 e. The molecule has 1 rings (SSSR count). The van der Waals surface area contributed by atoms with Crippen molar-refractivity contribution >= 4 is 11.9 Å². The lowest BCUT2D eigenvalue weighted by molar-refractivity contribution is -0.176. The minimum absolute atomic E-state index is 0.149. The van der Waals surface area contributed by atoms with Crippen LogP contribution < -0.4 is 0 Å². The van der Waals surface area contributed by atoms with Crippen LogP contribution >= 0.6 is 0 Å². The lowest BCUT2D eigenvalue weighted by Gasteiger charge is -2.36. The molecule has 0 spiro atoms. The van der Waals surface area contributed by atoms with Crippen LogP contribution in [0.2, 0.25) is 0 Å². The molecule has 22 heavy (non-hydrogen) atoms. The highest BCUT2D eigenvalue weighted by Crippen LogP contribution is 2.42. The summed E-state index contributed by atoms with van der Waals surface area (Å²) >= 11 is 0. The number of carbonyl (C=O) groups is 2. The summed E-state index contributed by atoms with van der Waals surface area (Å²) in [4.78, 5) is 25.4. The van der Waals surface area contributed by atoms with Gasteiger partial charge >= 0.3 is 11.9 Å². The molecule has 4 heteroatoms. The van der Waals surface area contributed by atoms with E-state index in [4.69, 9.17) is 9.47 Å². The molecule has 0 amide bonds. The molecule has 1 aliphatic carbocycles. The molecule has 124 valence electrons. The molecule has 0 saturated heterocycles. The summed E-state index contributed by atoms with van der Waals surface area (Å²) in [5.41, 5.74) is -1.22. The standard InChI is InChI=1S/C18H28O4/c1-4-7-11-14-18(16(19)21-5-2,17(20)22-6-3)15-12-9-8-10-13-15/h4,9,12,15H,1,5-8,10-11,13-14H2,2-3H3. The van der Waals surface area contributed by atoms with Gasteiger partial charge in [-0.25, -0.2) is 0 Å². The molecule has 0 aromatic rings. The molecule has 0 saturated carbocycles. The molecule has 0 N–H and O–H groups in total. The Morgan fingerprint density at radius 1 is 1.27 bits per heavy atom. The number of esters is 2. The van der Waals surface area contributed by atoms with Gasteiger partial charge in [0.25, 0.3) is 0 Å². The Balaban J connectivity index is 3.16. The van der Waals surface area contributed by atoms with Crippen molar-refractivity contribution in [3.63, 3.8) is 0 Å². The molecular formula is C18H28O4. The first-order valence-electron chi connectivity index (χ1n) is 8.25. The Morgan fingerprint density at radius 3 is 2.36 bits per heavy atom. The van der Waals surface area contributed by atoms with Crippen LogP contribution in [0.25, 0.3) is 0 Å². The average molecular weight is 308 g/mol. The second-order valence-electron chi connectivity index (χ2n) is 5.56. The fourth-order valence-corrected chi connectivity index (χ4v) is 3.04. The zero-order valence-corrected chi connectivity index (χ0v) is 13.8. The molecule has 0 aromatic carbocycles. The van der Waals surface area contributed by atoms with Crippen molar-refractivity contribution in [3.05, 3.63) is 24.8 Å². The third kappa shape index (κ3) is 4.21. The zero-order valence-electron chi connectivity index (χ0n) is 13.8. The predicted molar refractivity (Wildman–Crippen MR) is 86.2 cm³/mol. The smallest absolute Gasteiger partial charge is 0.324 e. The topological polar surface area (TPSA) is 52.6 Å². The summed E-state index contributed by atoms with van der Waals surface area (Å²) in [6, 6.07) is 0. The van der Waals surface area contributed by atoms with Crippen LogP contribution in [0, 0.1) is 11.3 Å². The van der Waals surface area contributed by atoms with Gasteiger partial charge in [0, 0.05) is 5.92 Å². The lowest BCUT2D eigenvalue weighted by atomic mass is 9.68. The summed E-state index contributed by atoms with van der Waals surface area (Å²) in [5, 5.41) is 0. The number of ether oxygens (including phenoxy) is 2. The van der Waals surface area contributed by atoms with Crippen molar-refractivity contribution in [2.45, 2.75) is 52.4 Å². The fraction of sp³-hybridized carbons (Fsp3) is 0.667. The van der Waals surface area contributed by atoms with E-state index in [0.717, 1.165) is 25.7 Å². The zero-order chi connectivity index (χ0) is 16.4. The van der Waals surface area contributed by atoms with E-state index in [1.54, 1.807) is 19.9 Å². The van der Waals surface area contributed by atoms with Gasteiger partial charge in [0.15, 0.2) is 5.41 Å². The fourth-order valence-electron chi connectivity index (χ4n) is 3.04. The van der Waals surface area contributed by atoms with E-state index in [-0.39, 0.29) is 19.1 Å². The Hall–Kier alpha value is -1.58. The van der Waals surface area contributed by atoms with Gasteiger partial charge in [-0.2, -0.15) is 0 Å². The molecule has 4 nitrogen and oxygen atoms in total. The molecule has 0 aromatic heterocycles. The summed E-state index contributed by atoms with van der Waals surface area (Å²) in [6.45, 7) is 7.75. The number of carbonyl (C=O) groups excluding carboxylic acids is 2. The SMILES string of the molecule is C=CCCCC(C(=O)OCC)(C(=O)OCC)C1C=CCCC1. The number of hydrogen-bond acceptors (Lipinski definition) is 4.